The molecule has 3 N–H and O–H groups in total. The Labute approximate surface area is 174 Å². The summed E-state index contributed by atoms with van der Waals surface area (Å²) in [7, 11) is 1.54. The topological polar surface area (TPSA) is 86.2 Å². The summed E-state index contributed by atoms with van der Waals surface area (Å²) < 4.78 is 5.16. The van der Waals surface area contributed by atoms with Gasteiger partial charge in [-0.1, -0.05) is 26.0 Å². The Balaban J connectivity index is 1.94. The molecule has 162 valence electrons. The molecule has 0 atom stereocenters. The Morgan fingerprint density at radius 1 is 1.28 bits per heavy atom. The molecule has 1 aromatic carbocycles. The van der Waals surface area contributed by atoms with Crippen LogP contribution in [0.4, 0.5) is 0 Å². The summed E-state index contributed by atoms with van der Waals surface area (Å²) in [6.07, 6.45) is 3.62. The molecule has 1 saturated heterocycles. The normalized spacial score (nSPS) is 15.5. The van der Waals surface area contributed by atoms with Gasteiger partial charge in [0.2, 0.25) is 5.91 Å². The van der Waals surface area contributed by atoms with E-state index < -0.39 is 0 Å². The van der Waals surface area contributed by atoms with Crippen molar-refractivity contribution >= 4 is 11.9 Å². The van der Waals surface area contributed by atoms with Crippen LogP contribution in [-0.4, -0.2) is 54.7 Å². The number of hydrogen-bond donors (Lipinski definition) is 3. The molecule has 1 aromatic rings. The van der Waals surface area contributed by atoms with Crippen molar-refractivity contribution in [1.82, 2.24) is 15.5 Å². The van der Waals surface area contributed by atoms with Crippen LogP contribution in [0.3, 0.4) is 0 Å². The average Bonchev–Trinajstić information content (AvgIpc) is 2.74. The average molecular weight is 405 g/mol. The number of phenols is 1. The van der Waals surface area contributed by atoms with E-state index >= 15 is 0 Å². The molecule has 1 aliphatic heterocycles. The molecular weight excluding hydrogens is 368 g/mol. The molecule has 7 heteroatoms. The molecule has 2 rings (SSSR count). The summed E-state index contributed by atoms with van der Waals surface area (Å²) in [6, 6.07) is 5.68. The third-order valence-electron chi connectivity index (χ3n) is 5.54. The van der Waals surface area contributed by atoms with Gasteiger partial charge >= 0.3 is 0 Å². The zero-order valence-electron chi connectivity index (χ0n) is 18.2. The van der Waals surface area contributed by atoms with Crippen molar-refractivity contribution in [2.45, 2.75) is 59.0 Å². The third kappa shape index (κ3) is 6.27. The zero-order valence-corrected chi connectivity index (χ0v) is 18.2. The number of para-hydroxylation sites is 1. The number of nitrogens with zero attached hydrogens (tertiary/aromatic N) is 2. The molecule has 1 amide bonds. The van der Waals surface area contributed by atoms with Crippen LogP contribution in [0.1, 0.15) is 52.0 Å². The molecule has 0 unspecified atom stereocenters. The Kier molecular flexibility index (Phi) is 9.09. The highest BCUT2D eigenvalue weighted by molar-refractivity contribution is 5.80. The number of guanidine groups is 1. The fourth-order valence-corrected chi connectivity index (χ4v) is 3.68. The summed E-state index contributed by atoms with van der Waals surface area (Å²) >= 11 is 0. The second-order valence-corrected chi connectivity index (χ2v) is 7.42. The molecule has 0 aromatic heterocycles. The number of phenolic OH excluding ortho intramolecular Hbond substituents is 1. The largest absolute Gasteiger partial charge is 0.504 e. The number of benzene rings is 1. The molecule has 1 fully saturated rings. The fraction of sp³-hybridized carbons (Fsp3) is 0.636. The lowest BCUT2D eigenvalue weighted by Gasteiger charge is -2.34. The van der Waals surface area contributed by atoms with Crippen LogP contribution < -0.4 is 15.4 Å². The Hall–Kier alpha value is -2.44. The molecule has 1 heterocycles. The van der Waals surface area contributed by atoms with Crippen molar-refractivity contribution in [3.63, 3.8) is 0 Å². The quantitative estimate of drug-likeness (QED) is 0.458. The number of nitrogens with one attached hydrogen (secondary N) is 2. The first-order chi connectivity index (χ1) is 14.0. The van der Waals surface area contributed by atoms with E-state index in [0.717, 1.165) is 51.3 Å². The van der Waals surface area contributed by atoms with E-state index in [1.807, 2.05) is 24.0 Å². The SMILES string of the molecule is CCNC(=NCc1cccc(OC)c1O)NC1CCN(C(=O)C(CC)CC)CC1. The molecule has 7 nitrogen and oxygen atoms in total. The minimum absolute atomic E-state index is 0.128. The van der Waals surface area contributed by atoms with Gasteiger partial charge in [0, 0.05) is 37.2 Å². The number of methoxy groups -OCH3 is 1. The molecule has 0 aliphatic carbocycles. The molecule has 0 saturated carbocycles. The van der Waals surface area contributed by atoms with Gasteiger partial charge in [0.05, 0.1) is 13.7 Å². The van der Waals surface area contributed by atoms with E-state index in [2.05, 4.69) is 29.5 Å². The minimum Gasteiger partial charge on any atom is -0.504 e. The summed E-state index contributed by atoms with van der Waals surface area (Å²) in [5.74, 6) is 1.74. The predicted octanol–water partition coefficient (Wildman–Crippen LogP) is 2.88. The number of likely N-dealkylation sites (tertiary alicyclic amines) is 1. The highest BCUT2D eigenvalue weighted by Gasteiger charge is 2.26. The van der Waals surface area contributed by atoms with Crippen LogP contribution in [0.25, 0.3) is 0 Å². The lowest BCUT2D eigenvalue weighted by atomic mass is 9.98. The van der Waals surface area contributed by atoms with Crippen molar-refractivity contribution in [1.29, 1.82) is 0 Å². The molecule has 0 radical (unpaired) electrons. The maximum atomic E-state index is 12.6. The van der Waals surface area contributed by atoms with Gasteiger partial charge in [0.15, 0.2) is 17.5 Å². The van der Waals surface area contributed by atoms with E-state index in [1.54, 1.807) is 6.07 Å². The van der Waals surface area contributed by atoms with Crippen molar-refractivity contribution in [2.24, 2.45) is 10.9 Å². The number of ether oxygens (including phenoxy) is 1. The van der Waals surface area contributed by atoms with E-state index in [0.29, 0.717) is 23.8 Å². The van der Waals surface area contributed by atoms with Crippen molar-refractivity contribution in [3.8, 4) is 11.5 Å². The van der Waals surface area contributed by atoms with Gasteiger partial charge in [-0.05, 0) is 38.7 Å². The molecule has 29 heavy (non-hydrogen) atoms. The van der Waals surface area contributed by atoms with Crippen molar-refractivity contribution in [2.75, 3.05) is 26.7 Å². The van der Waals surface area contributed by atoms with Crippen molar-refractivity contribution in [3.05, 3.63) is 23.8 Å². The molecule has 0 spiro atoms. The van der Waals surface area contributed by atoms with Crippen LogP contribution in [-0.2, 0) is 11.3 Å². The van der Waals surface area contributed by atoms with E-state index in [9.17, 15) is 9.90 Å². The van der Waals surface area contributed by atoms with Crippen LogP contribution in [0.5, 0.6) is 11.5 Å². The molecular formula is C22H36N4O3. The van der Waals surface area contributed by atoms with Gasteiger partial charge in [-0.25, -0.2) is 4.99 Å². The Morgan fingerprint density at radius 2 is 1.97 bits per heavy atom. The number of amides is 1. The van der Waals surface area contributed by atoms with Crippen molar-refractivity contribution < 1.29 is 14.6 Å². The summed E-state index contributed by atoms with van der Waals surface area (Å²) in [5.41, 5.74) is 0.715. The summed E-state index contributed by atoms with van der Waals surface area (Å²) in [5, 5.41) is 17.0. The number of aromatic hydroxyl groups is 1. The van der Waals surface area contributed by atoms with Gasteiger partial charge < -0.3 is 25.4 Å². The van der Waals surface area contributed by atoms with Crippen LogP contribution in [0.2, 0.25) is 0 Å². The Bertz CT molecular complexity index is 681. The first kappa shape index (κ1) is 22.8. The summed E-state index contributed by atoms with van der Waals surface area (Å²) in [6.45, 7) is 8.86. The molecule has 0 bridgehead atoms. The van der Waals surface area contributed by atoms with Gasteiger partial charge in [-0.15, -0.1) is 0 Å². The number of carbonyl (C=O) groups is 1. The van der Waals surface area contributed by atoms with Crippen LogP contribution in [0.15, 0.2) is 23.2 Å². The molecule has 1 aliphatic rings. The number of piperidine rings is 1. The highest BCUT2D eigenvalue weighted by atomic mass is 16.5. The van der Waals surface area contributed by atoms with E-state index in [4.69, 9.17) is 4.74 Å². The van der Waals surface area contributed by atoms with Gasteiger partial charge in [0.1, 0.15) is 0 Å². The van der Waals surface area contributed by atoms with Gasteiger partial charge in [0.25, 0.3) is 0 Å². The second kappa shape index (κ2) is 11.5. The number of hydrogen-bond acceptors (Lipinski definition) is 4. The van der Waals surface area contributed by atoms with Crippen LogP contribution in [0, 0.1) is 5.92 Å². The maximum absolute atomic E-state index is 12.6. The Morgan fingerprint density at radius 3 is 2.55 bits per heavy atom. The van der Waals surface area contributed by atoms with E-state index in [1.165, 1.54) is 7.11 Å². The lowest BCUT2D eigenvalue weighted by molar-refractivity contribution is -0.136. The lowest BCUT2D eigenvalue weighted by Crippen LogP contribution is -2.50. The number of aliphatic imine (C=N–C) groups is 1. The standard InChI is InChI=1S/C22H36N4O3/c1-5-16(6-2)21(28)26-13-11-18(12-14-26)25-22(23-7-3)24-15-17-9-8-10-19(29-4)20(17)27/h8-10,16,18,27H,5-7,11-15H2,1-4H3,(H2,23,24,25). The number of rotatable bonds is 8. The second-order valence-electron chi connectivity index (χ2n) is 7.42. The summed E-state index contributed by atoms with van der Waals surface area (Å²) in [4.78, 5) is 19.2. The first-order valence-electron chi connectivity index (χ1n) is 10.7. The predicted molar refractivity (Wildman–Crippen MR) is 116 cm³/mol. The van der Waals surface area contributed by atoms with Gasteiger partial charge in [-0.2, -0.15) is 0 Å². The maximum Gasteiger partial charge on any atom is 0.225 e. The smallest absolute Gasteiger partial charge is 0.225 e. The third-order valence-corrected chi connectivity index (χ3v) is 5.54. The monoisotopic (exact) mass is 404 g/mol. The first-order valence-corrected chi connectivity index (χ1v) is 10.7. The zero-order chi connectivity index (χ0) is 21.2. The highest BCUT2D eigenvalue weighted by Crippen LogP contribution is 2.29. The minimum atomic E-state index is 0.128. The van der Waals surface area contributed by atoms with E-state index in [-0.39, 0.29) is 17.7 Å². The fourth-order valence-electron chi connectivity index (χ4n) is 3.68. The van der Waals surface area contributed by atoms with Crippen LogP contribution >= 0.6 is 0 Å². The van der Waals surface area contributed by atoms with Gasteiger partial charge in [-0.3, -0.25) is 4.79 Å². The number of carbonyl (C=O) groups excluding carboxylic acids is 1.